The minimum Gasteiger partial charge on any atom is -0.493 e. The maximum atomic E-state index is 6.17. The van der Waals surface area contributed by atoms with E-state index in [9.17, 15) is 0 Å². The predicted molar refractivity (Wildman–Crippen MR) is 87.0 cm³/mol. The van der Waals surface area contributed by atoms with Crippen LogP contribution in [0.2, 0.25) is 5.02 Å². The topological polar surface area (TPSA) is 34.1 Å². The highest BCUT2D eigenvalue weighted by Crippen LogP contribution is 2.35. The summed E-state index contributed by atoms with van der Waals surface area (Å²) in [4.78, 5) is 0. The van der Waals surface area contributed by atoms with Gasteiger partial charge in [-0.1, -0.05) is 29.8 Å². The quantitative estimate of drug-likeness (QED) is 0.622. The second kappa shape index (κ2) is 6.99. The standard InChI is InChI=1S/C16H17ClN2O2/c1-19(13-7-5-4-6-8-13)18-11-12-9-14(17)16(21-3)15(10-12)20-2/h4-11H,1-3H3/b18-11-. The van der Waals surface area contributed by atoms with E-state index in [0.29, 0.717) is 16.5 Å². The van der Waals surface area contributed by atoms with Gasteiger partial charge < -0.3 is 9.47 Å². The summed E-state index contributed by atoms with van der Waals surface area (Å²) in [6.45, 7) is 0. The van der Waals surface area contributed by atoms with E-state index in [0.717, 1.165) is 11.3 Å². The van der Waals surface area contributed by atoms with Crippen LogP contribution in [0.3, 0.4) is 0 Å². The smallest absolute Gasteiger partial charge is 0.179 e. The van der Waals surface area contributed by atoms with Crippen molar-refractivity contribution in [3.05, 3.63) is 53.1 Å². The molecule has 0 aliphatic carbocycles. The number of nitrogens with zero attached hydrogens (tertiary/aromatic N) is 2. The van der Waals surface area contributed by atoms with Gasteiger partial charge in [0.25, 0.3) is 0 Å². The number of methoxy groups -OCH3 is 2. The maximum Gasteiger partial charge on any atom is 0.179 e. The van der Waals surface area contributed by atoms with Crippen LogP contribution in [0.15, 0.2) is 47.6 Å². The number of para-hydroxylation sites is 1. The van der Waals surface area contributed by atoms with Crippen LogP contribution in [0.25, 0.3) is 0 Å². The molecule has 2 rings (SSSR count). The Morgan fingerprint density at radius 2 is 1.81 bits per heavy atom. The predicted octanol–water partition coefficient (Wildman–Crippen LogP) is 3.83. The minimum absolute atomic E-state index is 0.487. The zero-order chi connectivity index (χ0) is 15.2. The molecule has 0 radical (unpaired) electrons. The highest BCUT2D eigenvalue weighted by molar-refractivity contribution is 6.32. The molecule has 0 atom stereocenters. The molecule has 0 bridgehead atoms. The van der Waals surface area contributed by atoms with Gasteiger partial charge in [0.05, 0.1) is 31.1 Å². The molecule has 0 saturated heterocycles. The summed E-state index contributed by atoms with van der Waals surface area (Å²) in [5.41, 5.74) is 1.83. The average Bonchev–Trinajstić information content (AvgIpc) is 2.52. The molecular formula is C16H17ClN2O2. The average molecular weight is 305 g/mol. The second-order valence-corrected chi connectivity index (χ2v) is 4.75. The summed E-state index contributed by atoms with van der Waals surface area (Å²) in [7, 11) is 5.01. The summed E-state index contributed by atoms with van der Waals surface area (Å²) in [6, 6.07) is 13.5. The molecule has 0 N–H and O–H groups in total. The van der Waals surface area contributed by atoms with Gasteiger partial charge in [0.1, 0.15) is 0 Å². The second-order valence-electron chi connectivity index (χ2n) is 4.34. The molecule has 21 heavy (non-hydrogen) atoms. The van der Waals surface area contributed by atoms with Crippen molar-refractivity contribution < 1.29 is 9.47 Å². The van der Waals surface area contributed by atoms with Crippen LogP contribution in [0.1, 0.15) is 5.56 Å². The van der Waals surface area contributed by atoms with Gasteiger partial charge in [-0.15, -0.1) is 0 Å². The van der Waals surface area contributed by atoms with Crippen molar-refractivity contribution in [2.24, 2.45) is 5.10 Å². The third-order valence-electron chi connectivity index (χ3n) is 2.97. The number of halogens is 1. The monoisotopic (exact) mass is 304 g/mol. The van der Waals surface area contributed by atoms with E-state index < -0.39 is 0 Å². The third kappa shape index (κ3) is 3.67. The molecular weight excluding hydrogens is 288 g/mol. The Morgan fingerprint density at radius 1 is 1.10 bits per heavy atom. The molecule has 0 unspecified atom stereocenters. The lowest BCUT2D eigenvalue weighted by Crippen LogP contribution is -2.08. The van der Waals surface area contributed by atoms with Gasteiger partial charge in [-0.3, -0.25) is 5.01 Å². The van der Waals surface area contributed by atoms with Gasteiger partial charge in [0, 0.05) is 7.05 Å². The molecule has 0 fully saturated rings. The zero-order valence-electron chi connectivity index (χ0n) is 12.2. The first-order chi connectivity index (χ1) is 10.2. The lowest BCUT2D eigenvalue weighted by Gasteiger charge is -2.13. The van der Waals surface area contributed by atoms with E-state index in [4.69, 9.17) is 21.1 Å². The molecule has 0 heterocycles. The molecule has 2 aromatic carbocycles. The molecule has 110 valence electrons. The first-order valence-corrected chi connectivity index (χ1v) is 6.77. The Bertz CT molecular complexity index is 630. The maximum absolute atomic E-state index is 6.17. The fourth-order valence-electron chi connectivity index (χ4n) is 1.88. The number of ether oxygens (including phenoxy) is 2. The van der Waals surface area contributed by atoms with Crippen LogP contribution in [0.4, 0.5) is 5.69 Å². The van der Waals surface area contributed by atoms with Crippen molar-refractivity contribution in [2.45, 2.75) is 0 Å². The van der Waals surface area contributed by atoms with Gasteiger partial charge in [0.2, 0.25) is 0 Å². The van der Waals surface area contributed by atoms with Crippen LogP contribution in [-0.2, 0) is 0 Å². The number of benzene rings is 2. The lowest BCUT2D eigenvalue weighted by molar-refractivity contribution is 0.355. The molecule has 2 aromatic rings. The molecule has 0 spiro atoms. The van der Waals surface area contributed by atoms with E-state index in [1.165, 1.54) is 0 Å². The van der Waals surface area contributed by atoms with Gasteiger partial charge in [0.15, 0.2) is 11.5 Å². The van der Waals surface area contributed by atoms with Crippen LogP contribution < -0.4 is 14.5 Å². The number of hydrogen-bond acceptors (Lipinski definition) is 4. The van der Waals surface area contributed by atoms with Crippen LogP contribution in [-0.4, -0.2) is 27.5 Å². The summed E-state index contributed by atoms with van der Waals surface area (Å²) < 4.78 is 10.5. The Kier molecular flexibility index (Phi) is 5.06. The van der Waals surface area contributed by atoms with E-state index in [1.54, 1.807) is 31.5 Å². The van der Waals surface area contributed by atoms with Crippen molar-refractivity contribution in [1.29, 1.82) is 0 Å². The number of hydrazone groups is 1. The van der Waals surface area contributed by atoms with Crippen molar-refractivity contribution in [3.8, 4) is 11.5 Å². The molecule has 0 saturated carbocycles. The van der Waals surface area contributed by atoms with Gasteiger partial charge in [-0.2, -0.15) is 5.10 Å². The van der Waals surface area contributed by atoms with Crippen LogP contribution in [0.5, 0.6) is 11.5 Å². The van der Waals surface area contributed by atoms with Crippen molar-refractivity contribution in [2.75, 3.05) is 26.3 Å². The SMILES string of the molecule is COc1cc(/C=N\N(C)c2ccccc2)cc(Cl)c1OC. The number of anilines is 1. The normalized spacial score (nSPS) is 10.7. The van der Waals surface area contributed by atoms with E-state index in [2.05, 4.69) is 5.10 Å². The molecule has 0 amide bonds. The summed E-state index contributed by atoms with van der Waals surface area (Å²) >= 11 is 6.17. The van der Waals surface area contributed by atoms with Gasteiger partial charge >= 0.3 is 0 Å². The Morgan fingerprint density at radius 3 is 2.43 bits per heavy atom. The van der Waals surface area contributed by atoms with Gasteiger partial charge in [-0.05, 0) is 29.8 Å². The fraction of sp³-hybridized carbons (Fsp3) is 0.188. The first-order valence-electron chi connectivity index (χ1n) is 6.40. The molecule has 0 aromatic heterocycles. The summed E-state index contributed by atoms with van der Waals surface area (Å²) in [6.07, 6.45) is 1.72. The Hall–Kier alpha value is -2.20. The molecule has 0 aliphatic heterocycles. The van der Waals surface area contributed by atoms with Crippen molar-refractivity contribution in [3.63, 3.8) is 0 Å². The molecule has 4 nitrogen and oxygen atoms in total. The summed E-state index contributed by atoms with van der Waals surface area (Å²) in [5.74, 6) is 1.10. The highest BCUT2D eigenvalue weighted by Gasteiger charge is 2.10. The van der Waals surface area contributed by atoms with E-state index >= 15 is 0 Å². The number of rotatable bonds is 5. The van der Waals surface area contributed by atoms with Crippen molar-refractivity contribution in [1.82, 2.24) is 0 Å². The van der Waals surface area contributed by atoms with Crippen molar-refractivity contribution >= 4 is 23.5 Å². The number of hydrogen-bond donors (Lipinski definition) is 0. The zero-order valence-corrected chi connectivity index (χ0v) is 13.0. The van der Waals surface area contributed by atoms with Crippen LogP contribution in [0, 0.1) is 0 Å². The Labute approximate surface area is 129 Å². The molecule has 5 heteroatoms. The molecule has 0 aliphatic rings. The lowest BCUT2D eigenvalue weighted by atomic mass is 10.2. The van der Waals surface area contributed by atoms with Crippen LogP contribution >= 0.6 is 11.6 Å². The minimum atomic E-state index is 0.487. The van der Waals surface area contributed by atoms with E-state index in [1.807, 2.05) is 43.4 Å². The van der Waals surface area contributed by atoms with Gasteiger partial charge in [-0.25, -0.2) is 0 Å². The Balaban J connectivity index is 2.23. The van der Waals surface area contributed by atoms with E-state index in [-0.39, 0.29) is 0 Å². The fourth-order valence-corrected chi connectivity index (χ4v) is 2.17. The highest BCUT2D eigenvalue weighted by atomic mass is 35.5. The third-order valence-corrected chi connectivity index (χ3v) is 3.25. The largest absolute Gasteiger partial charge is 0.493 e. The summed E-state index contributed by atoms with van der Waals surface area (Å²) in [5, 5.41) is 6.66. The first kappa shape index (κ1) is 15.2.